The number of anilines is 1. The zero-order chi connectivity index (χ0) is 22.2. The van der Waals surface area contributed by atoms with E-state index in [4.69, 9.17) is 5.26 Å². The highest BCUT2D eigenvalue weighted by Gasteiger charge is 2.24. The molecule has 3 aliphatic rings. The van der Waals surface area contributed by atoms with E-state index in [1.807, 2.05) is 0 Å². The van der Waals surface area contributed by atoms with Crippen LogP contribution in [-0.2, 0) is 17.6 Å². The predicted octanol–water partition coefficient (Wildman–Crippen LogP) is 4.45. The Labute approximate surface area is 194 Å². The van der Waals surface area contributed by atoms with E-state index >= 15 is 0 Å². The molecular formula is C27H40N4O. The van der Waals surface area contributed by atoms with Gasteiger partial charge >= 0.3 is 0 Å². The van der Waals surface area contributed by atoms with Crippen LogP contribution in [0.1, 0.15) is 75.3 Å². The lowest BCUT2D eigenvalue weighted by molar-refractivity contribution is -0.122. The fourth-order valence-corrected chi connectivity index (χ4v) is 5.73. The standard InChI is InChI=1S/C27H40N4O/c28-15-4-3-7-27(32)29-25-11-8-22(9-12-25)14-16-30-17-19-31(20-18-30)26-13-10-23-5-1-2-6-24(23)21-26/h10,13,21-22,25H,1-9,11-12,14,16-20H2,(H,29,32). The minimum Gasteiger partial charge on any atom is -0.369 e. The summed E-state index contributed by atoms with van der Waals surface area (Å²) in [6.07, 6.45) is 12.9. The maximum Gasteiger partial charge on any atom is 0.220 e. The summed E-state index contributed by atoms with van der Waals surface area (Å²) in [5.74, 6) is 0.931. The van der Waals surface area contributed by atoms with Gasteiger partial charge in [-0.3, -0.25) is 9.69 Å². The van der Waals surface area contributed by atoms with Gasteiger partial charge in [-0.05, 0) is 99.9 Å². The summed E-state index contributed by atoms with van der Waals surface area (Å²) in [5, 5.41) is 11.8. The number of carbonyl (C=O) groups excluding carboxylic acids is 1. The van der Waals surface area contributed by atoms with Gasteiger partial charge in [-0.25, -0.2) is 0 Å². The van der Waals surface area contributed by atoms with Gasteiger partial charge in [-0.2, -0.15) is 5.26 Å². The molecule has 0 atom stereocenters. The molecule has 2 fully saturated rings. The van der Waals surface area contributed by atoms with E-state index in [0.29, 0.717) is 25.3 Å². The maximum absolute atomic E-state index is 12.0. The lowest BCUT2D eigenvalue weighted by Gasteiger charge is -2.37. The lowest BCUT2D eigenvalue weighted by Crippen LogP contribution is -2.47. The predicted molar refractivity (Wildman–Crippen MR) is 130 cm³/mol. The zero-order valence-corrected chi connectivity index (χ0v) is 19.7. The van der Waals surface area contributed by atoms with E-state index in [2.05, 4.69) is 39.4 Å². The molecule has 1 N–H and O–H groups in total. The molecule has 1 aliphatic heterocycles. The second kappa shape index (κ2) is 11.7. The Morgan fingerprint density at radius 1 is 1.03 bits per heavy atom. The van der Waals surface area contributed by atoms with Crippen LogP contribution in [0.15, 0.2) is 18.2 Å². The normalized spacial score (nSPS) is 23.9. The van der Waals surface area contributed by atoms with Crippen LogP contribution in [0.5, 0.6) is 0 Å². The van der Waals surface area contributed by atoms with E-state index in [0.717, 1.165) is 31.8 Å². The van der Waals surface area contributed by atoms with Crippen molar-refractivity contribution in [2.75, 3.05) is 37.6 Å². The number of carbonyl (C=O) groups is 1. The molecule has 5 nitrogen and oxygen atoms in total. The molecule has 0 bridgehead atoms. The molecule has 5 heteroatoms. The van der Waals surface area contributed by atoms with Crippen LogP contribution in [0.2, 0.25) is 0 Å². The van der Waals surface area contributed by atoms with Gasteiger partial charge in [0.05, 0.1) is 6.07 Å². The molecule has 1 amide bonds. The Bertz CT molecular complexity index is 785. The maximum atomic E-state index is 12.0. The van der Waals surface area contributed by atoms with Gasteiger partial charge in [0.15, 0.2) is 0 Å². The molecule has 1 heterocycles. The van der Waals surface area contributed by atoms with Crippen LogP contribution in [0, 0.1) is 17.2 Å². The molecule has 32 heavy (non-hydrogen) atoms. The summed E-state index contributed by atoms with van der Waals surface area (Å²) >= 11 is 0. The van der Waals surface area contributed by atoms with Gasteiger partial charge in [0, 0.05) is 50.7 Å². The molecule has 0 radical (unpaired) electrons. The number of nitrogens with one attached hydrogen (secondary N) is 1. The van der Waals surface area contributed by atoms with Crippen LogP contribution >= 0.6 is 0 Å². The molecule has 1 aromatic rings. The summed E-state index contributed by atoms with van der Waals surface area (Å²) in [4.78, 5) is 17.2. The van der Waals surface area contributed by atoms with Gasteiger partial charge in [0.2, 0.25) is 5.91 Å². The number of benzene rings is 1. The highest BCUT2D eigenvalue weighted by molar-refractivity contribution is 5.76. The van der Waals surface area contributed by atoms with Crippen molar-refractivity contribution in [1.82, 2.24) is 10.2 Å². The van der Waals surface area contributed by atoms with Crippen molar-refractivity contribution in [1.29, 1.82) is 5.26 Å². The highest BCUT2D eigenvalue weighted by atomic mass is 16.1. The van der Waals surface area contributed by atoms with Crippen molar-refractivity contribution in [3.8, 4) is 6.07 Å². The molecule has 1 aromatic carbocycles. The Kier molecular flexibility index (Phi) is 8.45. The van der Waals surface area contributed by atoms with Gasteiger partial charge in [0.1, 0.15) is 0 Å². The van der Waals surface area contributed by atoms with Crippen LogP contribution in [-0.4, -0.2) is 49.6 Å². The Balaban J connectivity index is 1.12. The molecule has 4 rings (SSSR count). The highest BCUT2D eigenvalue weighted by Crippen LogP contribution is 2.29. The quantitative estimate of drug-likeness (QED) is 0.612. The van der Waals surface area contributed by atoms with Crippen LogP contribution in [0.25, 0.3) is 0 Å². The Morgan fingerprint density at radius 2 is 1.78 bits per heavy atom. The summed E-state index contributed by atoms with van der Waals surface area (Å²) < 4.78 is 0. The van der Waals surface area contributed by atoms with E-state index in [1.54, 1.807) is 11.1 Å². The largest absolute Gasteiger partial charge is 0.369 e. The molecule has 1 saturated heterocycles. The minimum absolute atomic E-state index is 0.125. The molecular weight excluding hydrogens is 396 g/mol. The van der Waals surface area contributed by atoms with Crippen molar-refractivity contribution >= 4 is 11.6 Å². The van der Waals surface area contributed by atoms with Gasteiger partial charge in [-0.15, -0.1) is 0 Å². The molecule has 2 aliphatic carbocycles. The molecule has 0 spiro atoms. The second-order valence-corrected chi connectivity index (χ2v) is 10.1. The van der Waals surface area contributed by atoms with Gasteiger partial charge in [-0.1, -0.05) is 6.07 Å². The Hall–Kier alpha value is -2.06. The third kappa shape index (κ3) is 6.48. The molecule has 1 saturated carbocycles. The number of unbranched alkanes of at least 4 members (excludes halogenated alkanes) is 1. The summed E-state index contributed by atoms with van der Waals surface area (Å²) in [6, 6.07) is 9.64. The number of piperazine rings is 1. The number of fused-ring (bicyclic) bond motifs is 1. The second-order valence-electron chi connectivity index (χ2n) is 10.1. The molecule has 0 unspecified atom stereocenters. The smallest absolute Gasteiger partial charge is 0.220 e. The van der Waals surface area contributed by atoms with Crippen LogP contribution < -0.4 is 10.2 Å². The molecule has 174 valence electrons. The fraction of sp³-hybridized carbons (Fsp3) is 0.704. The third-order valence-corrected chi connectivity index (χ3v) is 7.83. The summed E-state index contributed by atoms with van der Waals surface area (Å²) in [5.41, 5.74) is 4.59. The summed E-state index contributed by atoms with van der Waals surface area (Å²) in [6.45, 7) is 5.84. The first-order chi connectivity index (χ1) is 15.7. The number of amides is 1. The third-order valence-electron chi connectivity index (χ3n) is 7.83. The summed E-state index contributed by atoms with van der Waals surface area (Å²) in [7, 11) is 0. The van der Waals surface area contributed by atoms with Crippen molar-refractivity contribution in [2.45, 2.75) is 83.1 Å². The number of hydrogen-bond acceptors (Lipinski definition) is 4. The first kappa shape index (κ1) is 23.1. The minimum atomic E-state index is 0.125. The first-order valence-corrected chi connectivity index (χ1v) is 13.0. The zero-order valence-electron chi connectivity index (χ0n) is 19.7. The van der Waals surface area contributed by atoms with Crippen molar-refractivity contribution < 1.29 is 4.79 Å². The van der Waals surface area contributed by atoms with Gasteiger partial charge < -0.3 is 10.2 Å². The van der Waals surface area contributed by atoms with Crippen molar-refractivity contribution in [2.24, 2.45) is 5.92 Å². The first-order valence-electron chi connectivity index (χ1n) is 13.0. The van der Waals surface area contributed by atoms with E-state index < -0.39 is 0 Å². The van der Waals surface area contributed by atoms with Crippen molar-refractivity contribution in [3.63, 3.8) is 0 Å². The monoisotopic (exact) mass is 436 g/mol. The molecule has 0 aromatic heterocycles. The number of rotatable bonds is 8. The van der Waals surface area contributed by atoms with Gasteiger partial charge in [0.25, 0.3) is 0 Å². The van der Waals surface area contributed by atoms with E-state index in [1.165, 1.54) is 70.3 Å². The Morgan fingerprint density at radius 3 is 2.53 bits per heavy atom. The average Bonchev–Trinajstić information content (AvgIpc) is 2.84. The lowest BCUT2D eigenvalue weighted by atomic mass is 9.84. The topological polar surface area (TPSA) is 59.4 Å². The van der Waals surface area contributed by atoms with Crippen LogP contribution in [0.4, 0.5) is 5.69 Å². The average molecular weight is 437 g/mol. The number of nitriles is 1. The number of aryl methyl sites for hydroxylation is 2. The number of hydrogen-bond donors (Lipinski definition) is 1. The SMILES string of the molecule is N#CCCCC(=O)NC1CCC(CCN2CCN(c3ccc4c(c3)CCCC4)CC2)CC1. The van der Waals surface area contributed by atoms with Crippen LogP contribution in [0.3, 0.4) is 0 Å². The van der Waals surface area contributed by atoms with E-state index in [9.17, 15) is 4.79 Å². The number of nitrogens with zero attached hydrogens (tertiary/aromatic N) is 3. The van der Waals surface area contributed by atoms with E-state index in [-0.39, 0.29) is 5.91 Å². The fourth-order valence-electron chi connectivity index (χ4n) is 5.73. The van der Waals surface area contributed by atoms with Crippen molar-refractivity contribution in [3.05, 3.63) is 29.3 Å².